The summed E-state index contributed by atoms with van der Waals surface area (Å²) >= 11 is -0.693. The van der Waals surface area contributed by atoms with Gasteiger partial charge in [0, 0.05) is 17.3 Å². The van der Waals surface area contributed by atoms with Gasteiger partial charge in [-0.1, -0.05) is 0 Å². The van der Waals surface area contributed by atoms with Crippen molar-refractivity contribution >= 4 is 23.8 Å². The van der Waals surface area contributed by atoms with Gasteiger partial charge in [-0.15, -0.1) is 0 Å². The molecule has 9 heteroatoms. The normalized spacial score (nSPS) is 36.7. The van der Waals surface area contributed by atoms with Crippen molar-refractivity contribution in [3.63, 3.8) is 0 Å². The number of hydrogen-bond donors (Lipinski definition) is 0. The molecule has 2 unspecified atom stereocenters. The van der Waals surface area contributed by atoms with Gasteiger partial charge < -0.3 is 9.99 Å². The number of hydrogen-bond acceptors (Lipinski definition) is 7. The van der Waals surface area contributed by atoms with Crippen LogP contribution in [0.25, 0.3) is 0 Å². The number of carbonyl (C=O) groups excluding carboxylic acids is 2. The van der Waals surface area contributed by atoms with Crippen molar-refractivity contribution in [3.8, 4) is 0 Å². The predicted octanol–water partition coefficient (Wildman–Crippen LogP) is 1.39. The molecule has 4 aliphatic rings. The summed E-state index contributed by atoms with van der Waals surface area (Å²) in [5.74, 6) is -1.11. The van der Waals surface area contributed by atoms with Crippen LogP contribution in [0.2, 0.25) is 0 Å². The molecule has 0 N–H and O–H groups in total. The highest BCUT2D eigenvalue weighted by Crippen LogP contribution is 2.58. The summed E-state index contributed by atoms with van der Waals surface area (Å²) in [6.07, 6.45) is 3.74. The van der Waals surface area contributed by atoms with Crippen molar-refractivity contribution in [3.05, 3.63) is 0 Å². The first-order valence-electron chi connectivity index (χ1n) is 7.08. The highest BCUT2D eigenvalue weighted by molar-refractivity contribution is 7.96. The SMILES string of the molecule is O=C1C2CC3CC1CC(COC(=O)C(F)(F)SOO[O-])(C3)C2. The Hall–Kier alpha value is -0.770. The number of esters is 1. The molecular formula is C13H15F2O6S-. The molecule has 4 rings (SSSR count). The van der Waals surface area contributed by atoms with Crippen LogP contribution in [0.1, 0.15) is 32.1 Å². The van der Waals surface area contributed by atoms with Crippen LogP contribution in [0, 0.1) is 23.2 Å². The molecule has 0 heterocycles. The lowest BCUT2D eigenvalue weighted by molar-refractivity contribution is -0.777. The summed E-state index contributed by atoms with van der Waals surface area (Å²) in [6, 6.07) is 0. The fourth-order valence-electron chi connectivity index (χ4n) is 4.48. The molecule has 4 aliphatic carbocycles. The van der Waals surface area contributed by atoms with Gasteiger partial charge >= 0.3 is 11.2 Å². The summed E-state index contributed by atoms with van der Waals surface area (Å²) in [6.45, 7) is -0.128. The Morgan fingerprint density at radius 1 is 1.32 bits per heavy atom. The standard InChI is InChI=1S/C13H16F2O6S/c14-13(15,22-21-20-18)11(17)19-6-12-3-7-1-8(4-12)10(16)9(2-7)5-12/h7-9,18H,1-6H2/p-1. The average molecular weight is 337 g/mol. The maximum absolute atomic E-state index is 13.3. The molecule has 2 atom stereocenters. The first-order chi connectivity index (χ1) is 10.4. The molecule has 0 saturated heterocycles. The molecule has 0 amide bonds. The minimum atomic E-state index is -4.01. The second kappa shape index (κ2) is 5.70. The van der Waals surface area contributed by atoms with Crippen molar-refractivity contribution in [2.24, 2.45) is 23.2 Å². The van der Waals surface area contributed by atoms with Crippen LogP contribution >= 0.6 is 12.0 Å². The molecule has 4 saturated carbocycles. The van der Waals surface area contributed by atoms with Gasteiger partial charge in [0.15, 0.2) is 0 Å². The molecule has 0 aromatic rings. The Morgan fingerprint density at radius 2 is 1.95 bits per heavy atom. The van der Waals surface area contributed by atoms with Crippen LogP contribution in [0.15, 0.2) is 0 Å². The number of Topliss-reactive ketones (excluding diaryl/α,β-unsaturated/α-hetero) is 1. The molecule has 4 fully saturated rings. The smallest absolute Gasteiger partial charge is 0.415 e. The van der Waals surface area contributed by atoms with Crippen molar-refractivity contribution in [2.75, 3.05) is 6.61 Å². The number of ether oxygens (including phenoxy) is 1. The van der Waals surface area contributed by atoms with E-state index in [4.69, 9.17) is 4.74 Å². The lowest BCUT2D eigenvalue weighted by atomic mass is 9.49. The lowest BCUT2D eigenvalue weighted by Crippen LogP contribution is -2.53. The fraction of sp³-hybridized carbons (Fsp3) is 0.846. The second-order valence-electron chi connectivity index (χ2n) is 6.56. The molecule has 0 aromatic heterocycles. The van der Waals surface area contributed by atoms with Crippen molar-refractivity contribution < 1.29 is 37.7 Å². The fourth-order valence-corrected chi connectivity index (χ4v) is 4.72. The van der Waals surface area contributed by atoms with E-state index >= 15 is 0 Å². The quantitative estimate of drug-likeness (QED) is 0.313. The topological polar surface area (TPSA) is 84.9 Å². The van der Waals surface area contributed by atoms with Crippen molar-refractivity contribution in [1.82, 2.24) is 0 Å². The molecular weight excluding hydrogens is 322 g/mol. The van der Waals surface area contributed by atoms with Crippen LogP contribution in [-0.2, 0) is 23.7 Å². The number of carbonyl (C=O) groups is 2. The molecule has 0 spiro atoms. The molecule has 0 radical (unpaired) electrons. The van der Waals surface area contributed by atoms with Crippen LogP contribution in [0.5, 0.6) is 0 Å². The Morgan fingerprint density at radius 3 is 2.55 bits per heavy atom. The Balaban J connectivity index is 1.60. The van der Waals surface area contributed by atoms with E-state index in [0.717, 1.165) is 19.3 Å². The zero-order valence-electron chi connectivity index (χ0n) is 11.6. The van der Waals surface area contributed by atoms with Crippen LogP contribution in [-0.4, -0.2) is 23.6 Å². The molecule has 6 nitrogen and oxygen atoms in total. The zero-order valence-corrected chi connectivity index (χ0v) is 12.4. The van der Waals surface area contributed by atoms with Gasteiger partial charge in [-0.2, -0.15) is 13.1 Å². The zero-order chi connectivity index (χ0) is 16.0. The molecule has 124 valence electrons. The molecule has 0 aromatic carbocycles. The summed E-state index contributed by atoms with van der Waals surface area (Å²) in [5.41, 5.74) is -0.364. The van der Waals surface area contributed by atoms with Gasteiger partial charge in [0.05, 0.1) is 6.61 Å². The van der Waals surface area contributed by atoms with E-state index in [-0.39, 0.29) is 29.6 Å². The first-order valence-corrected chi connectivity index (χ1v) is 7.82. The van der Waals surface area contributed by atoms with Crippen LogP contribution < -0.4 is 5.26 Å². The van der Waals surface area contributed by atoms with Gasteiger partial charge in [-0.3, -0.25) is 9.83 Å². The highest BCUT2D eigenvalue weighted by Gasteiger charge is 2.56. The summed E-state index contributed by atoms with van der Waals surface area (Å²) < 4.78 is 34.9. The summed E-state index contributed by atoms with van der Waals surface area (Å²) in [4.78, 5) is 23.5. The van der Waals surface area contributed by atoms with Crippen LogP contribution in [0.3, 0.4) is 0 Å². The van der Waals surface area contributed by atoms with E-state index in [9.17, 15) is 23.6 Å². The van der Waals surface area contributed by atoms with E-state index < -0.39 is 23.3 Å². The summed E-state index contributed by atoms with van der Waals surface area (Å²) in [7, 11) is 0. The largest absolute Gasteiger partial charge is 0.691 e. The Labute approximate surface area is 129 Å². The minimum absolute atomic E-state index is 0.0166. The van der Waals surface area contributed by atoms with E-state index in [1.54, 1.807) is 0 Å². The van der Waals surface area contributed by atoms with E-state index in [0.29, 0.717) is 18.8 Å². The maximum atomic E-state index is 13.3. The number of rotatable bonds is 6. The first kappa shape index (κ1) is 16.1. The third kappa shape index (κ3) is 2.86. The summed E-state index contributed by atoms with van der Waals surface area (Å²) in [5, 5.41) is 8.35. The van der Waals surface area contributed by atoms with Gasteiger partial charge in [-0.25, -0.2) is 4.79 Å². The second-order valence-corrected chi connectivity index (χ2v) is 7.37. The number of ketones is 1. The third-order valence-corrected chi connectivity index (χ3v) is 5.53. The van der Waals surface area contributed by atoms with E-state index in [1.165, 1.54) is 0 Å². The molecule has 4 bridgehead atoms. The third-order valence-electron chi connectivity index (χ3n) is 5.03. The van der Waals surface area contributed by atoms with E-state index in [2.05, 4.69) is 9.37 Å². The van der Waals surface area contributed by atoms with Gasteiger partial charge in [0.2, 0.25) is 0 Å². The average Bonchev–Trinajstić information content (AvgIpc) is 2.47. The van der Waals surface area contributed by atoms with Gasteiger partial charge in [0.25, 0.3) is 0 Å². The van der Waals surface area contributed by atoms with E-state index in [1.807, 2.05) is 0 Å². The number of halogens is 2. The minimum Gasteiger partial charge on any atom is -0.691 e. The van der Waals surface area contributed by atoms with Crippen LogP contribution in [0.4, 0.5) is 8.78 Å². The maximum Gasteiger partial charge on any atom is 0.415 e. The lowest BCUT2D eigenvalue weighted by Gasteiger charge is -2.55. The number of alkyl halides is 2. The predicted molar refractivity (Wildman–Crippen MR) is 66.7 cm³/mol. The van der Waals surface area contributed by atoms with Gasteiger partial charge in [0.1, 0.15) is 17.8 Å². The molecule has 0 aliphatic heterocycles. The van der Waals surface area contributed by atoms with Crippen molar-refractivity contribution in [2.45, 2.75) is 37.4 Å². The Bertz CT molecular complexity index is 467. The van der Waals surface area contributed by atoms with Gasteiger partial charge in [-0.05, 0) is 38.0 Å². The van der Waals surface area contributed by atoms with Crippen molar-refractivity contribution in [1.29, 1.82) is 0 Å². The molecule has 22 heavy (non-hydrogen) atoms. The monoisotopic (exact) mass is 337 g/mol. The highest BCUT2D eigenvalue weighted by atomic mass is 32.2. The Kier molecular flexibility index (Phi) is 4.17.